The fourth-order valence-corrected chi connectivity index (χ4v) is 4.10. The van der Waals surface area contributed by atoms with Gasteiger partial charge in [-0.25, -0.2) is 9.59 Å². The van der Waals surface area contributed by atoms with E-state index in [0.717, 1.165) is 23.3 Å². The minimum absolute atomic E-state index is 0.0765. The van der Waals surface area contributed by atoms with Crippen molar-refractivity contribution in [2.75, 3.05) is 0 Å². The molecule has 0 unspecified atom stereocenters. The van der Waals surface area contributed by atoms with Crippen LogP contribution in [-0.4, -0.2) is 21.8 Å². The highest BCUT2D eigenvalue weighted by Gasteiger charge is 2.34. The summed E-state index contributed by atoms with van der Waals surface area (Å²) in [6.07, 6.45) is 1.84. The van der Waals surface area contributed by atoms with E-state index in [0.29, 0.717) is 0 Å². The third-order valence-electron chi connectivity index (χ3n) is 5.70. The van der Waals surface area contributed by atoms with Crippen LogP contribution in [0, 0.1) is 13.8 Å². The normalized spacial score (nSPS) is 13.9. The number of aromatic hydroxyl groups is 2. The maximum absolute atomic E-state index is 13.0. The van der Waals surface area contributed by atoms with Crippen molar-refractivity contribution in [1.29, 1.82) is 0 Å². The highest BCUT2D eigenvalue weighted by atomic mass is 16.4. The zero-order chi connectivity index (χ0) is 24.3. The second-order valence-corrected chi connectivity index (χ2v) is 8.04. The molecule has 0 radical (unpaired) electrons. The van der Waals surface area contributed by atoms with Gasteiger partial charge in [-0.1, -0.05) is 23.3 Å². The zero-order valence-corrected chi connectivity index (χ0v) is 18.0. The molecule has 2 aromatic heterocycles. The van der Waals surface area contributed by atoms with Gasteiger partial charge in [0.15, 0.2) is 11.6 Å². The van der Waals surface area contributed by atoms with E-state index in [2.05, 4.69) is 0 Å². The van der Waals surface area contributed by atoms with E-state index in [1.807, 2.05) is 0 Å². The lowest BCUT2D eigenvalue weighted by Gasteiger charge is -2.17. The number of ketones is 2. The molecule has 2 aromatic carbocycles. The molecule has 0 amide bonds. The van der Waals surface area contributed by atoms with Crippen LogP contribution in [0.2, 0.25) is 0 Å². The van der Waals surface area contributed by atoms with Gasteiger partial charge in [-0.2, -0.15) is 0 Å². The summed E-state index contributed by atoms with van der Waals surface area (Å²) in [6.45, 7) is 3.51. The van der Waals surface area contributed by atoms with Crippen molar-refractivity contribution in [1.82, 2.24) is 0 Å². The van der Waals surface area contributed by atoms with Gasteiger partial charge in [0.05, 0.1) is 21.9 Å². The summed E-state index contributed by atoms with van der Waals surface area (Å²) in [4.78, 5) is 51.7. The molecule has 0 saturated heterocycles. The van der Waals surface area contributed by atoms with Gasteiger partial charge in [-0.15, -0.1) is 0 Å². The van der Waals surface area contributed by atoms with Crippen molar-refractivity contribution < 1.29 is 28.6 Å². The predicted molar refractivity (Wildman–Crippen MR) is 124 cm³/mol. The van der Waals surface area contributed by atoms with Crippen LogP contribution >= 0.6 is 0 Å². The minimum Gasteiger partial charge on any atom is -0.506 e. The number of carbonyl (C=O) groups excluding carboxylic acids is 2. The van der Waals surface area contributed by atoms with E-state index in [-0.39, 0.29) is 21.9 Å². The lowest BCUT2D eigenvalue weighted by molar-refractivity contribution is -0.112. The Hall–Kier alpha value is -4.72. The van der Waals surface area contributed by atoms with Gasteiger partial charge in [0.1, 0.15) is 33.8 Å². The fraction of sp³-hybridized carbons (Fsp3) is 0.0769. The number of allylic oxidation sites excluding steroid dienone is 4. The van der Waals surface area contributed by atoms with E-state index < -0.39 is 56.6 Å². The number of benzene rings is 2. The maximum Gasteiger partial charge on any atom is 0.348 e. The van der Waals surface area contributed by atoms with Gasteiger partial charge in [-0.3, -0.25) is 9.59 Å². The van der Waals surface area contributed by atoms with Gasteiger partial charge in [-0.05, 0) is 50.3 Å². The van der Waals surface area contributed by atoms with Crippen LogP contribution in [0.1, 0.15) is 22.3 Å². The van der Waals surface area contributed by atoms with Crippen LogP contribution in [0.15, 0.2) is 67.0 Å². The third kappa shape index (κ3) is 3.07. The van der Waals surface area contributed by atoms with Gasteiger partial charge in [0.2, 0.25) is 0 Å². The van der Waals surface area contributed by atoms with E-state index in [9.17, 15) is 29.4 Å². The summed E-state index contributed by atoms with van der Waals surface area (Å²) in [7, 11) is 0. The molecule has 8 heteroatoms. The average molecular weight is 456 g/mol. The summed E-state index contributed by atoms with van der Waals surface area (Å²) in [5, 5.41) is 22.2. The largest absolute Gasteiger partial charge is 0.506 e. The summed E-state index contributed by atoms with van der Waals surface area (Å²) < 4.78 is 10.6. The highest BCUT2D eigenvalue weighted by molar-refractivity contribution is 6.49. The monoisotopic (exact) mass is 456 g/mol. The molecule has 0 aliphatic heterocycles. The molecule has 0 fully saturated rings. The standard InChI is InChI=1S/C26H16O8/c1-11-3-7-17-13(9-11)23(29)21(25(31)33-17)19-15(27)5-6-16(28)20(19)22-24(30)14-10-12(2)4-8-18(14)34-26(22)32/h3-10,29-30H,1-2H3. The van der Waals surface area contributed by atoms with Gasteiger partial charge < -0.3 is 19.0 Å². The van der Waals surface area contributed by atoms with Crippen LogP contribution in [0.25, 0.3) is 33.1 Å². The lowest BCUT2D eigenvalue weighted by Crippen LogP contribution is -2.21. The van der Waals surface area contributed by atoms with Crippen LogP contribution < -0.4 is 11.3 Å². The first-order chi connectivity index (χ1) is 16.2. The fourth-order valence-electron chi connectivity index (χ4n) is 4.10. The molecule has 5 rings (SSSR count). The first-order valence-corrected chi connectivity index (χ1v) is 10.2. The number of carbonyl (C=O) groups is 2. The van der Waals surface area contributed by atoms with E-state index >= 15 is 0 Å². The molecule has 0 bridgehead atoms. The topological polar surface area (TPSA) is 135 Å². The zero-order valence-electron chi connectivity index (χ0n) is 18.0. The Bertz CT molecular complexity index is 1630. The Morgan fingerprint density at radius 3 is 1.38 bits per heavy atom. The van der Waals surface area contributed by atoms with Gasteiger partial charge >= 0.3 is 11.3 Å². The molecular formula is C26H16O8. The Kier molecular flexibility index (Phi) is 4.61. The molecule has 2 heterocycles. The maximum atomic E-state index is 13.0. The quantitative estimate of drug-likeness (QED) is 0.345. The van der Waals surface area contributed by atoms with Crippen LogP contribution in [0.3, 0.4) is 0 Å². The summed E-state index contributed by atoms with van der Waals surface area (Å²) >= 11 is 0. The number of aryl methyl sites for hydroxylation is 2. The Morgan fingerprint density at radius 2 is 1.00 bits per heavy atom. The molecule has 0 atom stereocenters. The molecule has 4 aromatic rings. The van der Waals surface area contributed by atoms with Gasteiger partial charge in [0.25, 0.3) is 0 Å². The van der Waals surface area contributed by atoms with Crippen LogP contribution in [0.4, 0.5) is 0 Å². The van der Waals surface area contributed by atoms with Crippen LogP contribution in [-0.2, 0) is 9.59 Å². The molecular weight excluding hydrogens is 440 g/mol. The minimum atomic E-state index is -1.08. The first-order valence-electron chi connectivity index (χ1n) is 10.2. The van der Waals surface area contributed by atoms with E-state index in [4.69, 9.17) is 8.83 Å². The van der Waals surface area contributed by atoms with Gasteiger partial charge in [0, 0.05) is 0 Å². The van der Waals surface area contributed by atoms with Crippen molar-refractivity contribution in [2.45, 2.75) is 13.8 Å². The number of hydrogen-bond donors (Lipinski definition) is 2. The smallest absolute Gasteiger partial charge is 0.348 e. The van der Waals surface area contributed by atoms with Crippen molar-refractivity contribution in [3.63, 3.8) is 0 Å². The first kappa shape index (κ1) is 21.1. The number of hydrogen-bond acceptors (Lipinski definition) is 8. The molecule has 1 aliphatic carbocycles. The van der Waals surface area contributed by atoms with Crippen molar-refractivity contribution in [3.05, 3.63) is 91.6 Å². The van der Waals surface area contributed by atoms with Crippen molar-refractivity contribution >= 4 is 44.7 Å². The van der Waals surface area contributed by atoms with Crippen molar-refractivity contribution in [2.24, 2.45) is 0 Å². The summed E-state index contributed by atoms with van der Waals surface area (Å²) in [5.41, 5.74) is -2.82. The Balaban J connectivity index is 1.95. The van der Waals surface area contributed by atoms with Crippen LogP contribution in [0.5, 0.6) is 11.5 Å². The molecule has 34 heavy (non-hydrogen) atoms. The molecule has 0 spiro atoms. The Labute approximate surface area is 190 Å². The third-order valence-corrected chi connectivity index (χ3v) is 5.70. The lowest BCUT2D eigenvalue weighted by atomic mass is 9.85. The molecule has 0 saturated carbocycles. The van der Waals surface area contributed by atoms with E-state index in [1.54, 1.807) is 38.1 Å². The second-order valence-electron chi connectivity index (χ2n) is 8.04. The SMILES string of the molecule is Cc1ccc2oc(=O)c(C3=C(c4c(O)c5cc(C)ccc5oc4=O)C(=O)C=CC3=O)c(O)c2c1. The molecule has 1 aliphatic rings. The predicted octanol–water partition coefficient (Wildman–Crippen LogP) is 3.55. The van der Waals surface area contributed by atoms with E-state index in [1.165, 1.54) is 12.1 Å². The second kappa shape index (κ2) is 7.41. The molecule has 8 nitrogen and oxygen atoms in total. The Morgan fingerprint density at radius 1 is 0.618 bits per heavy atom. The number of rotatable bonds is 2. The summed E-state index contributed by atoms with van der Waals surface area (Å²) in [5.74, 6) is -2.82. The highest BCUT2D eigenvalue weighted by Crippen LogP contribution is 2.40. The number of fused-ring (bicyclic) bond motifs is 2. The van der Waals surface area contributed by atoms with Crippen molar-refractivity contribution in [3.8, 4) is 11.5 Å². The average Bonchev–Trinajstić information content (AvgIpc) is 2.78. The summed E-state index contributed by atoms with van der Waals surface area (Å²) in [6, 6.07) is 9.43. The molecule has 2 N–H and O–H groups in total. The molecule has 168 valence electrons.